The molecule has 0 unspecified atom stereocenters. The van der Waals surface area contributed by atoms with Crippen LogP contribution in [0.2, 0.25) is 0 Å². The lowest BCUT2D eigenvalue weighted by atomic mass is 10.1. The van der Waals surface area contributed by atoms with Crippen LogP contribution in [0.1, 0.15) is 24.1 Å². The fourth-order valence-electron chi connectivity index (χ4n) is 2.69. The van der Waals surface area contributed by atoms with Gasteiger partial charge in [0.2, 0.25) is 5.91 Å². The summed E-state index contributed by atoms with van der Waals surface area (Å²) in [4.78, 5) is 14.2. The van der Waals surface area contributed by atoms with E-state index < -0.39 is 0 Å². The SMILES string of the molecule is COc1ccc(CN(C)CC(=O)N[C@H](C)c2ccccc2)c(OC)c1. The molecule has 1 atom stereocenters. The first kappa shape index (κ1) is 18.8. The molecule has 1 amide bonds. The van der Waals surface area contributed by atoms with Gasteiger partial charge in [0.1, 0.15) is 11.5 Å². The zero-order valence-electron chi connectivity index (χ0n) is 15.3. The van der Waals surface area contributed by atoms with Gasteiger partial charge >= 0.3 is 0 Å². The lowest BCUT2D eigenvalue weighted by Gasteiger charge is -2.20. The molecule has 0 aromatic heterocycles. The number of hydrogen-bond donors (Lipinski definition) is 1. The average molecular weight is 342 g/mol. The second-order valence-electron chi connectivity index (χ2n) is 6.05. The van der Waals surface area contributed by atoms with Gasteiger partial charge in [-0.1, -0.05) is 36.4 Å². The highest BCUT2D eigenvalue weighted by Crippen LogP contribution is 2.25. The fraction of sp³-hybridized carbons (Fsp3) is 0.350. The van der Waals surface area contributed by atoms with Crippen molar-refractivity contribution in [1.29, 1.82) is 0 Å². The van der Waals surface area contributed by atoms with Gasteiger partial charge in [-0.2, -0.15) is 0 Å². The maximum atomic E-state index is 12.3. The van der Waals surface area contributed by atoms with Gasteiger partial charge in [0.25, 0.3) is 0 Å². The Morgan fingerprint density at radius 1 is 1.12 bits per heavy atom. The van der Waals surface area contributed by atoms with Gasteiger partial charge in [-0.15, -0.1) is 0 Å². The van der Waals surface area contributed by atoms with Crippen molar-refractivity contribution in [1.82, 2.24) is 10.2 Å². The monoisotopic (exact) mass is 342 g/mol. The lowest BCUT2D eigenvalue weighted by molar-refractivity contribution is -0.122. The average Bonchev–Trinajstić information content (AvgIpc) is 2.62. The van der Waals surface area contributed by atoms with Gasteiger partial charge < -0.3 is 14.8 Å². The van der Waals surface area contributed by atoms with Crippen LogP contribution in [0.4, 0.5) is 0 Å². The predicted octanol–water partition coefficient (Wildman–Crippen LogP) is 3.01. The maximum absolute atomic E-state index is 12.3. The molecule has 0 bridgehead atoms. The third-order valence-corrected chi connectivity index (χ3v) is 4.03. The summed E-state index contributed by atoms with van der Waals surface area (Å²) in [6.45, 7) is 2.91. The number of nitrogens with zero attached hydrogens (tertiary/aromatic N) is 1. The molecular weight excluding hydrogens is 316 g/mol. The molecule has 0 saturated carbocycles. The van der Waals surface area contributed by atoms with Gasteiger partial charge in [0.15, 0.2) is 0 Å². The Kier molecular flexibility index (Phi) is 6.83. The molecule has 0 aliphatic carbocycles. The molecule has 25 heavy (non-hydrogen) atoms. The molecule has 2 aromatic carbocycles. The molecule has 2 aromatic rings. The van der Waals surface area contributed by atoms with E-state index in [1.54, 1.807) is 14.2 Å². The molecule has 0 heterocycles. The largest absolute Gasteiger partial charge is 0.497 e. The minimum atomic E-state index is -0.0161. The van der Waals surface area contributed by atoms with Crippen LogP contribution in [0.25, 0.3) is 0 Å². The third-order valence-electron chi connectivity index (χ3n) is 4.03. The second-order valence-corrected chi connectivity index (χ2v) is 6.05. The van der Waals surface area contributed by atoms with Crippen molar-refractivity contribution in [2.45, 2.75) is 19.5 Å². The Morgan fingerprint density at radius 2 is 1.84 bits per heavy atom. The van der Waals surface area contributed by atoms with Crippen LogP contribution < -0.4 is 14.8 Å². The molecule has 0 radical (unpaired) electrons. The maximum Gasteiger partial charge on any atom is 0.234 e. The normalized spacial score (nSPS) is 11.9. The zero-order valence-corrected chi connectivity index (χ0v) is 15.3. The van der Waals surface area contributed by atoms with Crippen molar-refractivity contribution in [3.8, 4) is 11.5 Å². The van der Waals surface area contributed by atoms with Gasteiger partial charge in [0.05, 0.1) is 26.8 Å². The number of nitrogens with one attached hydrogen (secondary N) is 1. The van der Waals surface area contributed by atoms with Crippen molar-refractivity contribution in [2.24, 2.45) is 0 Å². The number of carbonyl (C=O) groups excluding carboxylic acids is 1. The van der Waals surface area contributed by atoms with E-state index in [9.17, 15) is 4.79 Å². The molecular formula is C20H26N2O3. The lowest BCUT2D eigenvalue weighted by Crippen LogP contribution is -2.36. The minimum Gasteiger partial charge on any atom is -0.497 e. The number of methoxy groups -OCH3 is 2. The van der Waals surface area contributed by atoms with E-state index in [0.717, 1.165) is 22.6 Å². The van der Waals surface area contributed by atoms with E-state index in [2.05, 4.69) is 5.32 Å². The first-order chi connectivity index (χ1) is 12.0. The summed E-state index contributed by atoms with van der Waals surface area (Å²) in [6.07, 6.45) is 0. The van der Waals surface area contributed by atoms with Crippen LogP contribution in [-0.4, -0.2) is 38.6 Å². The van der Waals surface area contributed by atoms with Crippen LogP contribution in [0, 0.1) is 0 Å². The van der Waals surface area contributed by atoms with Crippen LogP contribution in [-0.2, 0) is 11.3 Å². The second kappa shape index (κ2) is 9.08. The third kappa shape index (κ3) is 5.50. The molecule has 0 spiro atoms. The van der Waals surface area contributed by atoms with Crippen LogP contribution in [0.3, 0.4) is 0 Å². The first-order valence-electron chi connectivity index (χ1n) is 8.27. The number of amides is 1. The fourth-order valence-corrected chi connectivity index (χ4v) is 2.69. The molecule has 0 fully saturated rings. The Hall–Kier alpha value is -2.53. The predicted molar refractivity (Wildman–Crippen MR) is 98.9 cm³/mol. The quantitative estimate of drug-likeness (QED) is 0.801. The van der Waals surface area contributed by atoms with Crippen molar-refractivity contribution >= 4 is 5.91 Å². The van der Waals surface area contributed by atoms with Crippen molar-refractivity contribution < 1.29 is 14.3 Å². The van der Waals surface area contributed by atoms with Gasteiger partial charge in [0, 0.05) is 18.2 Å². The van der Waals surface area contributed by atoms with Crippen molar-refractivity contribution in [2.75, 3.05) is 27.8 Å². The van der Waals surface area contributed by atoms with E-state index in [-0.39, 0.29) is 11.9 Å². The van der Waals surface area contributed by atoms with E-state index in [4.69, 9.17) is 9.47 Å². The Labute approximate surface area is 149 Å². The molecule has 5 nitrogen and oxygen atoms in total. The summed E-state index contributed by atoms with van der Waals surface area (Å²) in [5, 5.41) is 3.03. The topological polar surface area (TPSA) is 50.8 Å². The highest BCUT2D eigenvalue weighted by atomic mass is 16.5. The number of hydrogen-bond acceptors (Lipinski definition) is 4. The summed E-state index contributed by atoms with van der Waals surface area (Å²) in [5.74, 6) is 1.49. The summed E-state index contributed by atoms with van der Waals surface area (Å²) < 4.78 is 10.6. The van der Waals surface area contributed by atoms with E-state index in [1.165, 1.54) is 0 Å². The Bertz CT molecular complexity index is 689. The molecule has 0 saturated heterocycles. The molecule has 0 aliphatic heterocycles. The van der Waals surface area contributed by atoms with Crippen LogP contribution in [0.5, 0.6) is 11.5 Å². The van der Waals surface area contributed by atoms with Gasteiger partial charge in [-0.25, -0.2) is 0 Å². The number of ether oxygens (including phenoxy) is 2. The van der Waals surface area contributed by atoms with Crippen LogP contribution >= 0.6 is 0 Å². The summed E-state index contributed by atoms with van der Waals surface area (Å²) in [7, 11) is 5.17. The van der Waals surface area contributed by atoms with Crippen molar-refractivity contribution in [3.05, 3.63) is 59.7 Å². The molecule has 0 aliphatic rings. The summed E-state index contributed by atoms with van der Waals surface area (Å²) >= 11 is 0. The number of likely N-dealkylation sites (N-methyl/N-ethyl adjacent to an activating group) is 1. The zero-order chi connectivity index (χ0) is 18.2. The smallest absolute Gasteiger partial charge is 0.234 e. The van der Waals surface area contributed by atoms with Gasteiger partial charge in [-0.05, 0) is 25.6 Å². The molecule has 5 heteroatoms. The summed E-state index contributed by atoms with van der Waals surface area (Å²) in [6, 6.07) is 15.6. The number of carbonyl (C=O) groups is 1. The highest BCUT2D eigenvalue weighted by molar-refractivity contribution is 5.78. The summed E-state index contributed by atoms with van der Waals surface area (Å²) in [5.41, 5.74) is 2.10. The van der Waals surface area contributed by atoms with E-state index >= 15 is 0 Å². The Morgan fingerprint density at radius 3 is 2.48 bits per heavy atom. The Balaban J connectivity index is 1.91. The van der Waals surface area contributed by atoms with Gasteiger partial charge in [-0.3, -0.25) is 9.69 Å². The molecule has 1 N–H and O–H groups in total. The van der Waals surface area contributed by atoms with Crippen molar-refractivity contribution in [3.63, 3.8) is 0 Å². The number of benzene rings is 2. The standard InChI is InChI=1S/C20H26N2O3/c1-15(16-8-6-5-7-9-16)21-20(23)14-22(2)13-17-10-11-18(24-3)12-19(17)25-4/h5-12,15H,13-14H2,1-4H3,(H,21,23)/t15-/m1/s1. The first-order valence-corrected chi connectivity index (χ1v) is 8.27. The van der Waals surface area contributed by atoms with E-state index in [1.807, 2.05) is 67.4 Å². The highest BCUT2D eigenvalue weighted by Gasteiger charge is 2.13. The van der Waals surface area contributed by atoms with E-state index in [0.29, 0.717) is 13.1 Å². The minimum absolute atomic E-state index is 0.00803. The van der Waals surface area contributed by atoms with Crippen LogP contribution in [0.15, 0.2) is 48.5 Å². The number of rotatable bonds is 8. The molecule has 2 rings (SSSR count). The molecule has 134 valence electrons.